The van der Waals surface area contributed by atoms with E-state index in [-0.39, 0.29) is 51.0 Å². The molecule has 5 aliphatic heterocycles. The van der Waals surface area contributed by atoms with E-state index >= 15 is 0 Å². The molecular weight excluding hydrogens is 1150 g/mol. The number of hydrogen-bond donors (Lipinski definition) is 5. The fraction of sp³-hybridized carbons (Fsp3) is 0.800. The van der Waals surface area contributed by atoms with Crippen molar-refractivity contribution in [2.24, 2.45) is 16.7 Å². The van der Waals surface area contributed by atoms with Crippen LogP contribution in [0.25, 0.3) is 6.08 Å². The maximum absolute atomic E-state index is 13.6. The predicted octanol–water partition coefficient (Wildman–Crippen LogP) is 5.03. The van der Waals surface area contributed by atoms with Crippen LogP contribution in [0.2, 0.25) is 0 Å². The van der Waals surface area contributed by atoms with Crippen LogP contribution >= 0.6 is 0 Å². The van der Waals surface area contributed by atoms with E-state index in [0.717, 1.165) is 11.1 Å². The van der Waals surface area contributed by atoms with Gasteiger partial charge in [-0.05, 0) is 110 Å². The minimum absolute atomic E-state index is 0.0389. The molecule has 23 nitrogen and oxygen atoms in total. The molecule has 9 aliphatic rings. The van der Waals surface area contributed by atoms with Gasteiger partial charge in [0.25, 0.3) is 0 Å². The molecule has 88 heavy (non-hydrogen) atoms. The van der Waals surface area contributed by atoms with Gasteiger partial charge in [-0.15, -0.1) is 0 Å². The number of fused-ring (bicyclic) bond motifs is 5. The summed E-state index contributed by atoms with van der Waals surface area (Å²) in [5, 5.41) is 60.4. The van der Waals surface area contributed by atoms with E-state index in [2.05, 4.69) is 6.92 Å². The van der Waals surface area contributed by atoms with Crippen LogP contribution in [0.5, 0.6) is 0 Å². The number of rotatable bonds is 18. The molecule has 10 rings (SSSR count). The van der Waals surface area contributed by atoms with Crippen LogP contribution in [-0.4, -0.2) is 217 Å². The molecular formula is C65H96O23. The van der Waals surface area contributed by atoms with Crippen LogP contribution in [0.3, 0.4) is 0 Å². The van der Waals surface area contributed by atoms with Crippen molar-refractivity contribution in [3.8, 4) is 0 Å². The highest BCUT2D eigenvalue weighted by molar-refractivity contribution is 5.89. The van der Waals surface area contributed by atoms with Crippen LogP contribution in [0.1, 0.15) is 145 Å². The Hall–Kier alpha value is -3.41. The summed E-state index contributed by atoms with van der Waals surface area (Å²) in [6.07, 6.45) is -7.47. The molecule has 5 saturated heterocycles. The highest BCUT2D eigenvalue weighted by Crippen LogP contribution is 2.71. The Morgan fingerprint density at radius 1 is 0.591 bits per heavy atom. The molecule has 23 heteroatoms. The summed E-state index contributed by atoms with van der Waals surface area (Å²) in [6.45, 7) is 15.3. The maximum Gasteiger partial charge on any atom is 0.331 e. The molecule has 5 N–H and O–H groups in total. The number of carbonyl (C=O) groups excluding carboxylic acids is 3. The second kappa shape index (κ2) is 26.9. The Bertz CT molecular complexity index is 2630. The van der Waals surface area contributed by atoms with Gasteiger partial charge in [0.1, 0.15) is 59.5 Å². The summed E-state index contributed by atoms with van der Waals surface area (Å²) < 4.78 is 93.8. The predicted molar refractivity (Wildman–Crippen MR) is 310 cm³/mol. The summed E-state index contributed by atoms with van der Waals surface area (Å²) in [5.41, 5.74) is -6.52. The number of aliphatic hydroxyl groups is 5. The topological polar surface area (TPSA) is 291 Å². The molecule has 1 aromatic carbocycles. The zero-order chi connectivity index (χ0) is 63.4. The van der Waals surface area contributed by atoms with Crippen molar-refractivity contribution >= 4 is 23.8 Å². The van der Waals surface area contributed by atoms with Gasteiger partial charge < -0.3 is 96.6 Å². The average Bonchev–Trinajstić information content (AvgIpc) is 1.34. The molecule has 1 aromatic rings. The number of benzene rings is 1. The lowest BCUT2D eigenvalue weighted by atomic mass is 9.42. The van der Waals surface area contributed by atoms with Crippen LogP contribution in [0.15, 0.2) is 48.1 Å². The van der Waals surface area contributed by atoms with Crippen molar-refractivity contribution in [2.45, 2.75) is 291 Å². The first-order valence-corrected chi connectivity index (χ1v) is 31.7. The van der Waals surface area contributed by atoms with Crippen LogP contribution < -0.4 is 0 Å². The number of esters is 2. The Morgan fingerprint density at radius 3 is 1.62 bits per heavy atom. The molecule has 5 heterocycles. The van der Waals surface area contributed by atoms with Crippen LogP contribution in [0.4, 0.5) is 0 Å². The third-order valence-electron chi connectivity index (χ3n) is 21.6. The number of methoxy groups -OCH3 is 3. The first-order valence-electron chi connectivity index (χ1n) is 31.7. The standard InChI is InChI=1S/C65H96O23/c1-33-56(70)44(74-10)28-52(77-33)86-58-35(3)79-53(29-45(58)75-11)87-59-36(4)80-54(30-46(59)76-12)88-60-37(5)81-55(31-47(60)82-39(7)67)85-57-34(2)78-51(27-43(57)68)83-42-21-22-61(8)41(26-42)20-23-64(72)48(61)32-49(84-50(69)19-18-40-16-14-13-15-17-40)62(9)63(71,38(6)66)24-25-65(62,64)73/h13-20,33-37,42-49,51-60,68,70-73H,21-32H2,1-12H3/b19-18+/t33-,34+,35+,36-,37+,42-,43-,44+,45-,46+,47-,48+,49+,51-,52-,53-,54-,55-,56-,57+,58+,59-,60+,61-,62+,63+,64-,65-/m0/s1. The maximum atomic E-state index is 13.6. The summed E-state index contributed by atoms with van der Waals surface area (Å²) >= 11 is 0. The quantitative estimate of drug-likeness (QED) is 0.0731. The highest BCUT2D eigenvalue weighted by atomic mass is 16.8. The minimum atomic E-state index is -2.08. The van der Waals surface area contributed by atoms with E-state index in [0.29, 0.717) is 32.1 Å². The normalized spacial score (nSPS) is 47.9. The van der Waals surface area contributed by atoms with Gasteiger partial charge in [-0.3, -0.25) is 9.59 Å². The molecule has 0 aromatic heterocycles. The van der Waals surface area contributed by atoms with Gasteiger partial charge >= 0.3 is 11.9 Å². The van der Waals surface area contributed by atoms with E-state index in [1.807, 2.05) is 50.3 Å². The van der Waals surface area contributed by atoms with Gasteiger partial charge in [0.05, 0.1) is 66.5 Å². The monoisotopic (exact) mass is 1240 g/mol. The third kappa shape index (κ3) is 12.8. The van der Waals surface area contributed by atoms with Gasteiger partial charge in [0.2, 0.25) is 0 Å². The zero-order valence-electron chi connectivity index (χ0n) is 53.0. The molecule has 0 amide bonds. The van der Waals surface area contributed by atoms with Gasteiger partial charge in [0.15, 0.2) is 37.2 Å². The van der Waals surface area contributed by atoms with E-state index in [1.54, 1.807) is 55.1 Å². The highest BCUT2D eigenvalue weighted by Gasteiger charge is 2.81. The van der Waals surface area contributed by atoms with Gasteiger partial charge in [-0.2, -0.15) is 0 Å². The fourth-order valence-electron chi connectivity index (χ4n) is 16.6. The molecule has 0 unspecified atom stereocenters. The van der Waals surface area contributed by atoms with E-state index in [9.17, 15) is 39.9 Å². The van der Waals surface area contributed by atoms with Crippen molar-refractivity contribution in [1.82, 2.24) is 0 Å². The van der Waals surface area contributed by atoms with E-state index in [4.69, 9.17) is 71.1 Å². The van der Waals surface area contributed by atoms with Crippen molar-refractivity contribution in [3.63, 3.8) is 0 Å². The Labute approximate surface area is 516 Å². The van der Waals surface area contributed by atoms with E-state index < -0.39 is 180 Å². The van der Waals surface area contributed by atoms with Crippen LogP contribution in [0, 0.1) is 16.7 Å². The molecule has 0 bridgehead atoms. The summed E-state index contributed by atoms with van der Waals surface area (Å²) in [4.78, 5) is 39.7. The summed E-state index contributed by atoms with van der Waals surface area (Å²) in [7, 11) is 4.75. The summed E-state index contributed by atoms with van der Waals surface area (Å²) in [6, 6.07) is 9.23. The van der Waals surface area contributed by atoms with Gasteiger partial charge in [0, 0.05) is 72.4 Å². The zero-order valence-corrected chi connectivity index (χ0v) is 53.0. The molecule has 4 aliphatic carbocycles. The molecule has 28 atom stereocenters. The van der Waals surface area contributed by atoms with Gasteiger partial charge in [-0.1, -0.05) is 48.9 Å². The molecule has 0 radical (unpaired) electrons. The third-order valence-corrected chi connectivity index (χ3v) is 21.6. The van der Waals surface area contributed by atoms with Crippen LogP contribution in [-0.2, 0) is 85.4 Å². The number of hydrogen-bond acceptors (Lipinski definition) is 23. The second-order valence-electron chi connectivity index (χ2n) is 26.7. The average molecular weight is 1250 g/mol. The molecule has 0 spiro atoms. The number of carbonyl (C=O) groups is 3. The van der Waals surface area contributed by atoms with Crippen molar-refractivity contribution in [2.75, 3.05) is 21.3 Å². The van der Waals surface area contributed by atoms with Crippen molar-refractivity contribution < 1.29 is 111 Å². The van der Waals surface area contributed by atoms with Crippen molar-refractivity contribution in [1.29, 1.82) is 0 Å². The summed E-state index contributed by atoms with van der Waals surface area (Å²) in [5.74, 6) is -2.43. The number of aliphatic hydroxyl groups excluding tert-OH is 2. The smallest absolute Gasteiger partial charge is 0.331 e. The minimum Gasteiger partial charge on any atom is -0.459 e. The molecule has 8 fully saturated rings. The lowest BCUT2D eigenvalue weighted by Gasteiger charge is -2.67. The van der Waals surface area contributed by atoms with Crippen molar-refractivity contribution in [3.05, 3.63) is 53.6 Å². The first-order chi connectivity index (χ1) is 41.7. The first kappa shape index (κ1) is 67.5. The Morgan fingerprint density at radius 2 is 1.09 bits per heavy atom. The molecule has 494 valence electrons. The number of ether oxygens (including phenoxy) is 15. The SMILES string of the molecule is CO[C@H]1C[C@H](O[C@H]2[C@H](C)O[C@@H](O[C@H]3[C@@H](OC(C)=O)C[C@H](O[C@H]4[C@@H](O)C[C@H](O[C@H]5CC[C@@]6(C)C(=CC[C@]7(O)[C@@H]6C[C@@H](OC(=O)/C=C/c6ccccc6)[C@@]6(C)[C@@]7(O)CC[C@@]6(O)C(C)=O)C5)O[C@@H]4C)O[C@@H]3C)C[C@H]2OC)O[C@H](C)[C@H]1O[C@H]1C[C@@H](OC)[C@@H](O)[C@H](C)O1. The number of ketones is 1. The van der Waals surface area contributed by atoms with Gasteiger partial charge in [-0.25, -0.2) is 4.79 Å². The lowest BCUT2D eigenvalue weighted by molar-refractivity contribution is -0.351. The fourth-order valence-corrected chi connectivity index (χ4v) is 16.6. The van der Waals surface area contributed by atoms with E-state index in [1.165, 1.54) is 19.9 Å². The second-order valence-corrected chi connectivity index (χ2v) is 26.7. The Kier molecular flexibility index (Phi) is 20.6. The lowest BCUT2D eigenvalue weighted by Crippen LogP contribution is -2.78. The molecule has 3 saturated carbocycles. The number of Topliss-reactive ketones (excluding diaryl/α,β-unsaturated/α-hetero) is 1. The largest absolute Gasteiger partial charge is 0.459 e. The Balaban J connectivity index is 0.729.